The zero-order valence-corrected chi connectivity index (χ0v) is 13.2. The van der Waals surface area contributed by atoms with Gasteiger partial charge in [-0.3, -0.25) is 5.10 Å². The molecule has 116 valence electrons. The van der Waals surface area contributed by atoms with E-state index in [1.165, 1.54) is 5.56 Å². The molecule has 1 heterocycles. The number of aromatic nitrogens is 2. The molecule has 0 aliphatic heterocycles. The van der Waals surface area contributed by atoms with E-state index in [9.17, 15) is 4.79 Å². The number of nitrogens with zero attached hydrogens (tertiary/aromatic N) is 1. The molecule has 0 saturated heterocycles. The average molecular weight is 306 g/mol. The van der Waals surface area contributed by atoms with Gasteiger partial charge in [-0.1, -0.05) is 47.5 Å². The van der Waals surface area contributed by atoms with Gasteiger partial charge in [-0.05, 0) is 32.0 Å². The summed E-state index contributed by atoms with van der Waals surface area (Å²) in [6, 6.07) is 17.3. The van der Waals surface area contributed by atoms with Crippen LogP contribution in [0.25, 0.3) is 11.3 Å². The van der Waals surface area contributed by atoms with Gasteiger partial charge >= 0.3 is 5.97 Å². The standard InChI is InChI=1S/C19H18N2O2/c1-13-3-7-15(8-4-13)18-11-17(20-21-18)12-23-19(22)16-9-5-14(2)6-10-16/h3-11H,12H2,1-2H3,(H,20,21). The lowest BCUT2D eigenvalue weighted by Crippen LogP contribution is -2.05. The van der Waals surface area contributed by atoms with Crippen molar-refractivity contribution in [3.05, 3.63) is 77.0 Å². The Morgan fingerprint density at radius 1 is 1.00 bits per heavy atom. The molecule has 0 aliphatic rings. The van der Waals surface area contributed by atoms with E-state index in [2.05, 4.69) is 10.2 Å². The molecule has 0 unspecified atom stereocenters. The van der Waals surface area contributed by atoms with Crippen LogP contribution in [0, 0.1) is 13.8 Å². The molecule has 1 N–H and O–H groups in total. The van der Waals surface area contributed by atoms with Crippen molar-refractivity contribution in [1.82, 2.24) is 10.2 Å². The van der Waals surface area contributed by atoms with E-state index < -0.39 is 0 Å². The van der Waals surface area contributed by atoms with Crippen molar-refractivity contribution in [2.45, 2.75) is 20.5 Å². The molecule has 0 amide bonds. The Kier molecular flexibility index (Phi) is 4.24. The van der Waals surface area contributed by atoms with Crippen molar-refractivity contribution in [3.8, 4) is 11.3 Å². The molecule has 1 aromatic heterocycles. The molecule has 0 saturated carbocycles. The minimum absolute atomic E-state index is 0.172. The highest BCUT2D eigenvalue weighted by atomic mass is 16.5. The number of esters is 1. The number of carbonyl (C=O) groups is 1. The maximum atomic E-state index is 12.0. The second kappa shape index (κ2) is 6.48. The fourth-order valence-electron chi connectivity index (χ4n) is 2.22. The number of rotatable bonds is 4. The fraction of sp³-hybridized carbons (Fsp3) is 0.158. The third-order valence-corrected chi connectivity index (χ3v) is 3.62. The van der Waals surface area contributed by atoms with Crippen LogP contribution < -0.4 is 0 Å². The van der Waals surface area contributed by atoms with Gasteiger partial charge < -0.3 is 4.74 Å². The number of benzene rings is 2. The predicted molar refractivity (Wildman–Crippen MR) is 89.1 cm³/mol. The van der Waals surface area contributed by atoms with E-state index in [-0.39, 0.29) is 12.6 Å². The van der Waals surface area contributed by atoms with Crippen LogP contribution in [0.5, 0.6) is 0 Å². The number of nitrogens with one attached hydrogen (secondary N) is 1. The number of carbonyl (C=O) groups excluding carboxylic acids is 1. The Morgan fingerprint density at radius 3 is 2.26 bits per heavy atom. The first-order valence-electron chi connectivity index (χ1n) is 7.47. The van der Waals surface area contributed by atoms with Crippen molar-refractivity contribution < 1.29 is 9.53 Å². The van der Waals surface area contributed by atoms with Crippen LogP contribution in [0.4, 0.5) is 0 Å². The quantitative estimate of drug-likeness (QED) is 0.740. The Morgan fingerprint density at radius 2 is 1.61 bits per heavy atom. The van der Waals surface area contributed by atoms with Gasteiger partial charge in [0.1, 0.15) is 6.61 Å². The molecule has 3 aromatic rings. The summed E-state index contributed by atoms with van der Waals surface area (Å²) in [5, 5.41) is 7.17. The van der Waals surface area contributed by atoms with Gasteiger partial charge in [-0.15, -0.1) is 0 Å². The Balaban J connectivity index is 1.64. The molecular weight excluding hydrogens is 288 g/mol. The summed E-state index contributed by atoms with van der Waals surface area (Å²) < 4.78 is 5.31. The van der Waals surface area contributed by atoms with Crippen LogP contribution in [0.3, 0.4) is 0 Å². The van der Waals surface area contributed by atoms with Crippen molar-refractivity contribution in [2.24, 2.45) is 0 Å². The summed E-state index contributed by atoms with van der Waals surface area (Å²) in [6.45, 7) is 4.20. The molecule has 0 spiro atoms. The van der Waals surface area contributed by atoms with Crippen LogP contribution in [0.2, 0.25) is 0 Å². The van der Waals surface area contributed by atoms with Crippen molar-refractivity contribution in [3.63, 3.8) is 0 Å². The highest BCUT2D eigenvalue weighted by molar-refractivity contribution is 5.89. The second-order valence-corrected chi connectivity index (χ2v) is 5.59. The van der Waals surface area contributed by atoms with E-state index in [0.717, 1.165) is 22.5 Å². The Bertz CT molecular complexity index is 802. The number of H-pyrrole nitrogens is 1. The summed E-state index contributed by atoms with van der Waals surface area (Å²) in [5.74, 6) is -0.337. The van der Waals surface area contributed by atoms with Crippen molar-refractivity contribution >= 4 is 5.97 Å². The van der Waals surface area contributed by atoms with E-state index in [0.29, 0.717) is 5.56 Å². The van der Waals surface area contributed by atoms with Gasteiger partial charge in [-0.2, -0.15) is 5.10 Å². The molecule has 23 heavy (non-hydrogen) atoms. The first-order chi connectivity index (χ1) is 11.1. The molecular formula is C19H18N2O2. The third-order valence-electron chi connectivity index (χ3n) is 3.62. The fourth-order valence-corrected chi connectivity index (χ4v) is 2.22. The van der Waals surface area contributed by atoms with Gasteiger partial charge in [0.15, 0.2) is 0 Å². The average Bonchev–Trinajstić information content (AvgIpc) is 3.03. The Hall–Kier alpha value is -2.88. The molecule has 0 radical (unpaired) electrons. The first-order valence-corrected chi connectivity index (χ1v) is 7.47. The zero-order valence-electron chi connectivity index (χ0n) is 13.2. The molecule has 3 rings (SSSR count). The summed E-state index contributed by atoms with van der Waals surface area (Å²) in [4.78, 5) is 12.0. The highest BCUT2D eigenvalue weighted by Gasteiger charge is 2.09. The Labute approximate surface area is 135 Å². The van der Waals surface area contributed by atoms with Gasteiger partial charge in [0.25, 0.3) is 0 Å². The number of hydrogen-bond donors (Lipinski definition) is 1. The smallest absolute Gasteiger partial charge is 0.338 e. The maximum absolute atomic E-state index is 12.0. The number of ether oxygens (including phenoxy) is 1. The molecule has 0 bridgehead atoms. The molecule has 4 heteroatoms. The largest absolute Gasteiger partial charge is 0.456 e. The predicted octanol–water partition coefficient (Wildman–Crippen LogP) is 4.05. The minimum atomic E-state index is -0.337. The van der Waals surface area contributed by atoms with Gasteiger partial charge in [0.2, 0.25) is 0 Å². The zero-order chi connectivity index (χ0) is 16.2. The van der Waals surface area contributed by atoms with E-state index in [1.54, 1.807) is 12.1 Å². The minimum Gasteiger partial charge on any atom is -0.456 e. The van der Waals surface area contributed by atoms with E-state index in [4.69, 9.17) is 4.74 Å². The van der Waals surface area contributed by atoms with Crippen LogP contribution in [0.1, 0.15) is 27.2 Å². The van der Waals surface area contributed by atoms with Crippen LogP contribution in [0.15, 0.2) is 54.6 Å². The lowest BCUT2D eigenvalue weighted by Gasteiger charge is -2.03. The maximum Gasteiger partial charge on any atom is 0.338 e. The van der Waals surface area contributed by atoms with E-state index in [1.807, 2.05) is 56.3 Å². The van der Waals surface area contributed by atoms with E-state index >= 15 is 0 Å². The topological polar surface area (TPSA) is 55.0 Å². The molecule has 0 aliphatic carbocycles. The van der Waals surface area contributed by atoms with Crippen molar-refractivity contribution in [2.75, 3.05) is 0 Å². The number of aryl methyl sites for hydroxylation is 2. The summed E-state index contributed by atoms with van der Waals surface area (Å²) in [5.41, 5.74) is 5.50. The number of aromatic amines is 1. The van der Waals surface area contributed by atoms with Gasteiger partial charge in [0, 0.05) is 5.56 Å². The third kappa shape index (κ3) is 3.66. The normalized spacial score (nSPS) is 10.5. The lowest BCUT2D eigenvalue weighted by molar-refractivity contribution is 0.0467. The van der Waals surface area contributed by atoms with Crippen molar-refractivity contribution in [1.29, 1.82) is 0 Å². The number of hydrogen-bond acceptors (Lipinski definition) is 3. The summed E-state index contributed by atoms with van der Waals surface area (Å²) in [6.07, 6.45) is 0. The lowest BCUT2D eigenvalue weighted by atomic mass is 10.1. The monoisotopic (exact) mass is 306 g/mol. The van der Waals surface area contributed by atoms with Crippen LogP contribution in [-0.2, 0) is 11.3 Å². The summed E-state index contributed by atoms with van der Waals surface area (Å²) in [7, 11) is 0. The SMILES string of the molecule is Cc1ccc(C(=O)OCc2cc(-c3ccc(C)cc3)n[nH]2)cc1. The molecule has 0 fully saturated rings. The van der Waals surface area contributed by atoms with Crippen LogP contribution in [-0.4, -0.2) is 16.2 Å². The van der Waals surface area contributed by atoms with Crippen LogP contribution >= 0.6 is 0 Å². The summed E-state index contributed by atoms with van der Waals surface area (Å²) >= 11 is 0. The molecule has 2 aromatic carbocycles. The van der Waals surface area contributed by atoms with Gasteiger partial charge in [0.05, 0.1) is 17.0 Å². The first kappa shape index (κ1) is 15.0. The molecule has 0 atom stereocenters. The molecule has 4 nitrogen and oxygen atoms in total. The second-order valence-electron chi connectivity index (χ2n) is 5.59. The van der Waals surface area contributed by atoms with Gasteiger partial charge in [-0.25, -0.2) is 4.79 Å². The highest BCUT2D eigenvalue weighted by Crippen LogP contribution is 2.18.